The predicted octanol–water partition coefficient (Wildman–Crippen LogP) is 3.49. The van der Waals surface area contributed by atoms with Crippen molar-refractivity contribution in [2.45, 2.75) is 13.8 Å². The van der Waals surface area contributed by atoms with E-state index >= 15 is 0 Å². The number of benzene rings is 3. The molecule has 0 bridgehead atoms. The smallest absolute Gasteiger partial charge is 0.127 e. The van der Waals surface area contributed by atoms with Crippen molar-refractivity contribution in [1.82, 2.24) is 0 Å². The molecule has 0 aliphatic heterocycles. The summed E-state index contributed by atoms with van der Waals surface area (Å²) >= 11 is 0. The second-order valence-electron chi connectivity index (χ2n) is 6.30. The lowest BCUT2D eigenvalue weighted by Gasteiger charge is -2.24. The van der Waals surface area contributed by atoms with Gasteiger partial charge in [-0.25, -0.2) is 0 Å². The third-order valence-electron chi connectivity index (χ3n) is 4.48. The quantitative estimate of drug-likeness (QED) is 0.664. The highest BCUT2D eigenvalue weighted by molar-refractivity contribution is 7.80. The number of methoxy groups -OCH3 is 2. The van der Waals surface area contributed by atoms with Crippen molar-refractivity contribution in [2.24, 2.45) is 0 Å². The van der Waals surface area contributed by atoms with Crippen LogP contribution in [0.4, 0.5) is 0 Å². The number of phenols is 2. The summed E-state index contributed by atoms with van der Waals surface area (Å²) in [6.45, 7) is 3.69. The average Bonchev–Trinajstić information content (AvgIpc) is 2.68. The van der Waals surface area contributed by atoms with Crippen molar-refractivity contribution in [3.63, 3.8) is 0 Å². The highest BCUT2D eigenvalue weighted by atomic mass is 31.1. The molecule has 0 saturated carbocycles. The van der Waals surface area contributed by atoms with Crippen LogP contribution in [-0.4, -0.2) is 24.4 Å². The summed E-state index contributed by atoms with van der Waals surface area (Å²) < 4.78 is 10.8. The number of hydrogen-bond donors (Lipinski definition) is 2. The zero-order chi connectivity index (χ0) is 19.6. The molecule has 4 nitrogen and oxygen atoms in total. The van der Waals surface area contributed by atoms with Crippen molar-refractivity contribution in [3.05, 3.63) is 65.7 Å². The standard InChI is InChI=1S/C22H23O4P/c1-14-10-16(25-3)12-19(21(14)23)27(18-8-6-5-7-9-18)20-13-17(26-4)11-15(2)22(20)24/h5-13,23-24H,1-4H3. The number of hydrogen-bond acceptors (Lipinski definition) is 4. The summed E-state index contributed by atoms with van der Waals surface area (Å²) in [4.78, 5) is 0. The molecule has 0 aromatic heterocycles. The molecular formula is C22H23O4P. The van der Waals surface area contributed by atoms with Gasteiger partial charge in [-0.3, -0.25) is 0 Å². The molecule has 27 heavy (non-hydrogen) atoms. The van der Waals surface area contributed by atoms with Crippen LogP contribution in [-0.2, 0) is 0 Å². The van der Waals surface area contributed by atoms with Gasteiger partial charge in [0.15, 0.2) is 0 Å². The molecule has 5 heteroatoms. The Morgan fingerprint density at radius 2 is 1.15 bits per heavy atom. The number of ether oxygens (including phenoxy) is 2. The van der Waals surface area contributed by atoms with E-state index in [-0.39, 0.29) is 11.5 Å². The first-order chi connectivity index (χ1) is 13.0. The fourth-order valence-electron chi connectivity index (χ4n) is 3.02. The number of rotatable bonds is 5. The molecule has 0 aliphatic carbocycles. The molecule has 140 valence electrons. The van der Waals surface area contributed by atoms with Crippen LogP contribution in [0.15, 0.2) is 54.6 Å². The van der Waals surface area contributed by atoms with Crippen LogP contribution >= 0.6 is 7.92 Å². The molecule has 0 aliphatic rings. The molecule has 0 fully saturated rings. The summed E-state index contributed by atoms with van der Waals surface area (Å²) in [7, 11) is 1.99. The fourth-order valence-corrected chi connectivity index (χ4v) is 5.59. The maximum Gasteiger partial charge on any atom is 0.127 e. The van der Waals surface area contributed by atoms with Crippen molar-refractivity contribution >= 4 is 23.8 Å². The van der Waals surface area contributed by atoms with Gasteiger partial charge in [-0.15, -0.1) is 0 Å². The van der Waals surface area contributed by atoms with Gasteiger partial charge in [0.05, 0.1) is 14.2 Å². The van der Waals surface area contributed by atoms with E-state index in [0.29, 0.717) is 11.5 Å². The zero-order valence-electron chi connectivity index (χ0n) is 15.9. The lowest BCUT2D eigenvalue weighted by Crippen LogP contribution is -2.22. The van der Waals surface area contributed by atoms with Crippen LogP contribution in [0, 0.1) is 13.8 Å². The first-order valence-electron chi connectivity index (χ1n) is 8.56. The molecule has 0 atom stereocenters. The van der Waals surface area contributed by atoms with Gasteiger partial charge in [-0.05, 0) is 62.5 Å². The summed E-state index contributed by atoms with van der Waals surface area (Å²) in [5.74, 6) is 1.77. The zero-order valence-corrected chi connectivity index (χ0v) is 16.7. The minimum atomic E-state index is -1.22. The Labute approximate surface area is 160 Å². The van der Waals surface area contributed by atoms with Gasteiger partial charge in [-0.2, -0.15) is 0 Å². The molecule has 0 unspecified atom stereocenters. The van der Waals surface area contributed by atoms with Gasteiger partial charge >= 0.3 is 0 Å². The van der Waals surface area contributed by atoms with E-state index < -0.39 is 7.92 Å². The molecule has 2 N–H and O–H groups in total. The van der Waals surface area contributed by atoms with Gasteiger partial charge in [-0.1, -0.05) is 30.3 Å². The topological polar surface area (TPSA) is 58.9 Å². The van der Waals surface area contributed by atoms with Gasteiger partial charge in [0, 0.05) is 10.6 Å². The van der Waals surface area contributed by atoms with E-state index in [1.807, 2.05) is 56.3 Å². The Morgan fingerprint density at radius 1 is 0.704 bits per heavy atom. The van der Waals surface area contributed by atoms with Crippen LogP contribution in [0.3, 0.4) is 0 Å². The minimum Gasteiger partial charge on any atom is -0.507 e. The second-order valence-corrected chi connectivity index (χ2v) is 8.45. The van der Waals surface area contributed by atoms with Crippen molar-refractivity contribution in [3.8, 4) is 23.0 Å². The highest BCUT2D eigenvalue weighted by Crippen LogP contribution is 2.42. The van der Waals surface area contributed by atoms with Gasteiger partial charge in [0.1, 0.15) is 23.0 Å². The van der Waals surface area contributed by atoms with Crippen LogP contribution in [0.1, 0.15) is 11.1 Å². The molecule has 3 rings (SSSR count). The maximum atomic E-state index is 10.8. The van der Waals surface area contributed by atoms with E-state index in [0.717, 1.165) is 27.0 Å². The summed E-state index contributed by atoms with van der Waals surface area (Å²) in [6.07, 6.45) is 0. The molecular weight excluding hydrogens is 359 g/mol. The summed E-state index contributed by atoms with van der Waals surface area (Å²) in [6, 6.07) is 17.2. The van der Waals surface area contributed by atoms with Crippen LogP contribution in [0.25, 0.3) is 0 Å². The molecule has 3 aromatic rings. The van der Waals surface area contributed by atoms with E-state index in [4.69, 9.17) is 9.47 Å². The van der Waals surface area contributed by atoms with E-state index in [9.17, 15) is 10.2 Å². The lowest BCUT2D eigenvalue weighted by atomic mass is 10.2. The molecule has 0 radical (unpaired) electrons. The van der Waals surface area contributed by atoms with Crippen molar-refractivity contribution in [1.29, 1.82) is 0 Å². The maximum absolute atomic E-state index is 10.8. The Hall–Kier alpha value is -2.71. The Bertz CT molecular complexity index is 895. The van der Waals surface area contributed by atoms with Gasteiger partial charge in [0.2, 0.25) is 0 Å². The van der Waals surface area contributed by atoms with Crippen LogP contribution in [0.5, 0.6) is 23.0 Å². The van der Waals surface area contributed by atoms with Crippen molar-refractivity contribution < 1.29 is 19.7 Å². The third kappa shape index (κ3) is 3.72. The molecule has 0 spiro atoms. The van der Waals surface area contributed by atoms with Crippen LogP contribution < -0.4 is 25.4 Å². The number of aromatic hydroxyl groups is 2. The third-order valence-corrected chi connectivity index (χ3v) is 6.94. The summed E-state index contributed by atoms with van der Waals surface area (Å²) in [5.41, 5.74) is 1.46. The largest absolute Gasteiger partial charge is 0.507 e. The second kappa shape index (κ2) is 7.89. The molecule has 0 heterocycles. The highest BCUT2D eigenvalue weighted by Gasteiger charge is 2.25. The molecule has 3 aromatic carbocycles. The van der Waals surface area contributed by atoms with E-state index in [2.05, 4.69) is 0 Å². The molecule has 0 amide bonds. The van der Waals surface area contributed by atoms with Gasteiger partial charge < -0.3 is 19.7 Å². The predicted molar refractivity (Wildman–Crippen MR) is 111 cm³/mol. The van der Waals surface area contributed by atoms with E-state index in [1.165, 1.54) is 0 Å². The SMILES string of the molecule is COc1cc(C)c(O)c(P(c2ccccc2)c2cc(OC)cc(C)c2O)c1. The average molecular weight is 382 g/mol. The first-order valence-corrected chi connectivity index (χ1v) is 9.90. The van der Waals surface area contributed by atoms with Crippen LogP contribution in [0.2, 0.25) is 0 Å². The fraction of sp³-hybridized carbons (Fsp3) is 0.182. The Morgan fingerprint density at radius 3 is 1.56 bits per heavy atom. The first kappa shape index (κ1) is 19.1. The summed E-state index contributed by atoms with van der Waals surface area (Å²) in [5, 5.41) is 24.2. The number of phenolic OH excluding ortho intramolecular Hbond substituents is 2. The number of aryl methyl sites for hydroxylation is 2. The van der Waals surface area contributed by atoms with E-state index in [1.54, 1.807) is 26.4 Å². The van der Waals surface area contributed by atoms with Gasteiger partial charge in [0.25, 0.3) is 0 Å². The normalized spacial score (nSPS) is 10.9. The minimum absolute atomic E-state index is 0.214. The molecule has 0 saturated heterocycles. The Kier molecular flexibility index (Phi) is 5.57. The Balaban J connectivity index is 2.33. The monoisotopic (exact) mass is 382 g/mol. The lowest BCUT2D eigenvalue weighted by molar-refractivity contribution is 0.412. The van der Waals surface area contributed by atoms with Crippen molar-refractivity contribution in [2.75, 3.05) is 14.2 Å².